The van der Waals surface area contributed by atoms with Crippen molar-refractivity contribution in [2.45, 2.75) is 45.7 Å². The van der Waals surface area contributed by atoms with E-state index in [-0.39, 0.29) is 12.0 Å². The van der Waals surface area contributed by atoms with E-state index >= 15 is 0 Å². The fourth-order valence-electron chi connectivity index (χ4n) is 1.86. The van der Waals surface area contributed by atoms with Crippen molar-refractivity contribution in [3.63, 3.8) is 0 Å². The van der Waals surface area contributed by atoms with Crippen LogP contribution in [-0.4, -0.2) is 35.2 Å². The van der Waals surface area contributed by atoms with Crippen molar-refractivity contribution in [3.8, 4) is 0 Å². The van der Waals surface area contributed by atoms with Crippen LogP contribution in [0, 0.1) is 0 Å². The molecule has 5 heteroatoms. The van der Waals surface area contributed by atoms with Gasteiger partial charge < -0.3 is 14.6 Å². The minimum atomic E-state index is -0.318. The van der Waals surface area contributed by atoms with E-state index in [0.29, 0.717) is 12.5 Å². The van der Waals surface area contributed by atoms with Crippen LogP contribution in [0.5, 0.6) is 0 Å². The van der Waals surface area contributed by atoms with E-state index in [9.17, 15) is 4.79 Å². The molecule has 0 saturated carbocycles. The van der Waals surface area contributed by atoms with Gasteiger partial charge in [-0.25, -0.2) is 4.98 Å². The van der Waals surface area contributed by atoms with Crippen LogP contribution in [0.2, 0.25) is 0 Å². The number of carbonyl (C=O) groups excluding carboxylic acids is 1. The summed E-state index contributed by atoms with van der Waals surface area (Å²) in [5, 5.41) is 3.20. The summed E-state index contributed by atoms with van der Waals surface area (Å²) >= 11 is 0. The summed E-state index contributed by atoms with van der Waals surface area (Å²) in [6.45, 7) is 7.60. The number of hydrogen-bond acceptors (Lipinski definition) is 4. The Labute approximate surface area is 109 Å². The van der Waals surface area contributed by atoms with Crippen LogP contribution in [0.15, 0.2) is 12.4 Å². The highest BCUT2D eigenvalue weighted by Gasteiger charge is 2.20. The first-order chi connectivity index (χ1) is 8.60. The number of aromatic nitrogens is 2. The molecule has 1 heterocycles. The van der Waals surface area contributed by atoms with Crippen LogP contribution in [0.4, 0.5) is 0 Å². The summed E-state index contributed by atoms with van der Waals surface area (Å²) < 4.78 is 6.83. The van der Waals surface area contributed by atoms with E-state index in [1.165, 1.54) is 7.11 Å². The zero-order chi connectivity index (χ0) is 13.5. The average molecular weight is 253 g/mol. The highest BCUT2D eigenvalue weighted by atomic mass is 16.5. The molecule has 0 aliphatic heterocycles. The van der Waals surface area contributed by atoms with Gasteiger partial charge in [0.1, 0.15) is 11.9 Å². The molecule has 0 aliphatic rings. The lowest BCUT2D eigenvalue weighted by Crippen LogP contribution is -2.41. The Morgan fingerprint density at radius 3 is 2.83 bits per heavy atom. The Morgan fingerprint density at radius 1 is 1.56 bits per heavy atom. The largest absolute Gasteiger partial charge is 0.468 e. The van der Waals surface area contributed by atoms with Gasteiger partial charge in [0.2, 0.25) is 0 Å². The first kappa shape index (κ1) is 14.7. The van der Waals surface area contributed by atoms with Gasteiger partial charge in [0, 0.05) is 24.9 Å². The lowest BCUT2D eigenvalue weighted by atomic mass is 10.2. The summed E-state index contributed by atoms with van der Waals surface area (Å²) in [5.74, 6) is 1.10. The van der Waals surface area contributed by atoms with Gasteiger partial charge in [0.25, 0.3) is 0 Å². The predicted octanol–water partition coefficient (Wildman–Crippen LogP) is 1.55. The maximum atomic E-state index is 11.7. The van der Waals surface area contributed by atoms with Gasteiger partial charge >= 0.3 is 5.97 Å². The van der Waals surface area contributed by atoms with Crippen molar-refractivity contribution in [1.82, 2.24) is 14.9 Å². The summed E-state index contributed by atoms with van der Waals surface area (Å²) in [6.07, 6.45) is 4.65. The lowest BCUT2D eigenvalue weighted by Gasteiger charge is -2.18. The van der Waals surface area contributed by atoms with Gasteiger partial charge in [0.05, 0.1) is 7.11 Å². The highest BCUT2D eigenvalue weighted by Crippen LogP contribution is 2.12. The van der Waals surface area contributed by atoms with Crippen LogP contribution in [-0.2, 0) is 16.1 Å². The topological polar surface area (TPSA) is 56.2 Å². The van der Waals surface area contributed by atoms with E-state index in [4.69, 9.17) is 4.74 Å². The fraction of sp³-hybridized carbons (Fsp3) is 0.692. The Hall–Kier alpha value is -1.36. The number of ether oxygens (including phenoxy) is 1. The minimum Gasteiger partial charge on any atom is -0.468 e. The number of methoxy groups -OCH3 is 1. The maximum Gasteiger partial charge on any atom is 0.324 e. The zero-order valence-corrected chi connectivity index (χ0v) is 11.6. The second-order valence-corrected chi connectivity index (χ2v) is 4.62. The number of imidazole rings is 1. The SMILES string of the molecule is CCCNC(Cn1ccnc1C(C)C)C(=O)OC. The van der Waals surface area contributed by atoms with Crippen LogP contribution in [0.3, 0.4) is 0 Å². The van der Waals surface area contributed by atoms with E-state index < -0.39 is 0 Å². The third-order valence-corrected chi connectivity index (χ3v) is 2.77. The standard InChI is InChI=1S/C13H23N3O2/c1-5-6-14-11(13(17)18-4)9-16-8-7-15-12(16)10(2)3/h7-8,10-11,14H,5-6,9H2,1-4H3. The van der Waals surface area contributed by atoms with Crippen LogP contribution in [0.25, 0.3) is 0 Å². The quantitative estimate of drug-likeness (QED) is 0.749. The van der Waals surface area contributed by atoms with Gasteiger partial charge in [-0.3, -0.25) is 4.79 Å². The van der Waals surface area contributed by atoms with E-state index in [0.717, 1.165) is 18.8 Å². The lowest BCUT2D eigenvalue weighted by molar-refractivity contribution is -0.143. The molecule has 0 bridgehead atoms. The normalized spacial score (nSPS) is 12.7. The molecule has 0 amide bonds. The molecule has 102 valence electrons. The van der Waals surface area contributed by atoms with Crippen LogP contribution >= 0.6 is 0 Å². The van der Waals surface area contributed by atoms with Crippen molar-refractivity contribution >= 4 is 5.97 Å². The summed E-state index contributed by atoms with van der Waals surface area (Å²) in [7, 11) is 1.42. The van der Waals surface area contributed by atoms with Gasteiger partial charge in [-0.2, -0.15) is 0 Å². The van der Waals surface area contributed by atoms with Crippen molar-refractivity contribution in [1.29, 1.82) is 0 Å². The molecule has 1 unspecified atom stereocenters. The molecule has 0 spiro atoms. The van der Waals surface area contributed by atoms with Crippen LogP contribution < -0.4 is 5.32 Å². The number of esters is 1. The molecule has 1 N–H and O–H groups in total. The molecule has 0 radical (unpaired) electrons. The van der Waals surface area contributed by atoms with E-state index in [1.54, 1.807) is 6.20 Å². The third-order valence-electron chi connectivity index (χ3n) is 2.77. The molecule has 5 nitrogen and oxygen atoms in total. The average Bonchev–Trinajstić information content (AvgIpc) is 2.81. The molecule has 1 rings (SSSR count). The molecule has 1 aromatic rings. The molecule has 0 fully saturated rings. The van der Waals surface area contributed by atoms with Crippen molar-refractivity contribution in [2.24, 2.45) is 0 Å². The molecule has 0 aliphatic carbocycles. The van der Waals surface area contributed by atoms with Crippen molar-refractivity contribution in [2.75, 3.05) is 13.7 Å². The van der Waals surface area contributed by atoms with Crippen LogP contribution in [0.1, 0.15) is 38.9 Å². The predicted molar refractivity (Wildman–Crippen MR) is 70.4 cm³/mol. The monoisotopic (exact) mass is 253 g/mol. The molecular weight excluding hydrogens is 230 g/mol. The Balaban J connectivity index is 2.75. The molecule has 0 saturated heterocycles. The summed E-state index contributed by atoms with van der Waals surface area (Å²) in [4.78, 5) is 16.0. The fourth-order valence-corrected chi connectivity index (χ4v) is 1.86. The molecule has 18 heavy (non-hydrogen) atoms. The Morgan fingerprint density at radius 2 is 2.28 bits per heavy atom. The van der Waals surface area contributed by atoms with Gasteiger partial charge in [-0.05, 0) is 13.0 Å². The zero-order valence-electron chi connectivity index (χ0n) is 11.6. The third kappa shape index (κ3) is 3.84. The van der Waals surface area contributed by atoms with Crippen molar-refractivity contribution < 1.29 is 9.53 Å². The van der Waals surface area contributed by atoms with Crippen molar-refractivity contribution in [3.05, 3.63) is 18.2 Å². The second kappa shape index (κ2) is 7.16. The molecule has 0 aromatic carbocycles. The number of rotatable bonds is 7. The van der Waals surface area contributed by atoms with Gasteiger partial charge in [-0.15, -0.1) is 0 Å². The first-order valence-corrected chi connectivity index (χ1v) is 6.42. The maximum absolute atomic E-state index is 11.7. The first-order valence-electron chi connectivity index (χ1n) is 6.42. The van der Waals surface area contributed by atoms with Gasteiger partial charge in [0.15, 0.2) is 0 Å². The molecule has 1 aromatic heterocycles. The summed E-state index contributed by atoms with van der Waals surface area (Å²) in [6, 6.07) is -0.318. The summed E-state index contributed by atoms with van der Waals surface area (Å²) in [5.41, 5.74) is 0. The minimum absolute atomic E-state index is 0.230. The second-order valence-electron chi connectivity index (χ2n) is 4.62. The number of hydrogen-bond donors (Lipinski definition) is 1. The van der Waals surface area contributed by atoms with E-state index in [1.807, 2.05) is 10.8 Å². The Kier molecular flexibility index (Phi) is 5.85. The molecular formula is C13H23N3O2. The van der Waals surface area contributed by atoms with Gasteiger partial charge in [-0.1, -0.05) is 20.8 Å². The highest BCUT2D eigenvalue weighted by molar-refractivity contribution is 5.75. The smallest absolute Gasteiger partial charge is 0.324 e. The number of nitrogens with one attached hydrogen (secondary N) is 1. The number of carbonyl (C=O) groups is 1. The number of nitrogens with zero attached hydrogens (tertiary/aromatic N) is 2. The van der Waals surface area contributed by atoms with E-state index in [2.05, 4.69) is 31.1 Å². The Bertz CT molecular complexity index is 374. The molecule has 1 atom stereocenters.